The molecule has 0 saturated carbocycles. The monoisotopic (exact) mass is 371 g/mol. The van der Waals surface area contributed by atoms with Crippen LogP contribution < -0.4 is 15.0 Å². The molecule has 1 aromatic carbocycles. The summed E-state index contributed by atoms with van der Waals surface area (Å²) >= 11 is 0. The Hall–Kier alpha value is -3.09. The average molecular weight is 371 g/mol. The van der Waals surface area contributed by atoms with E-state index in [1.54, 1.807) is 27.2 Å². The molecule has 3 rings (SSSR count). The quantitative estimate of drug-likeness (QED) is 0.812. The van der Waals surface area contributed by atoms with Gasteiger partial charge in [-0.2, -0.15) is 0 Å². The van der Waals surface area contributed by atoms with Crippen LogP contribution in [0.5, 0.6) is 11.5 Å². The number of Topliss-reactive ketones (excluding diaryl/α,β-unsaturated/α-hetero) is 1. The maximum atomic E-state index is 12.7. The molecule has 1 aliphatic rings. The second kappa shape index (κ2) is 7.65. The van der Waals surface area contributed by atoms with Gasteiger partial charge in [-0.1, -0.05) is 6.07 Å². The molecule has 0 amide bonds. The van der Waals surface area contributed by atoms with Crippen molar-refractivity contribution in [2.75, 3.05) is 20.8 Å². The van der Waals surface area contributed by atoms with Crippen LogP contribution in [0.1, 0.15) is 51.2 Å². The van der Waals surface area contributed by atoms with Crippen LogP contribution in [0.25, 0.3) is 0 Å². The van der Waals surface area contributed by atoms with Gasteiger partial charge >= 0.3 is 5.97 Å². The number of H-pyrrole nitrogens is 1. The molecule has 142 valence electrons. The van der Waals surface area contributed by atoms with Crippen LogP contribution in [0, 0.1) is 0 Å². The molecule has 0 fully saturated rings. The summed E-state index contributed by atoms with van der Waals surface area (Å²) in [5, 5.41) is 0. The fourth-order valence-corrected chi connectivity index (χ4v) is 3.37. The summed E-state index contributed by atoms with van der Waals surface area (Å²) in [4.78, 5) is 39.5. The number of esters is 1. The molecule has 27 heavy (non-hydrogen) atoms. The van der Waals surface area contributed by atoms with Crippen molar-refractivity contribution in [3.63, 3.8) is 0 Å². The van der Waals surface area contributed by atoms with Crippen LogP contribution >= 0.6 is 0 Å². The molecule has 0 spiro atoms. The molecule has 1 heterocycles. The molecule has 0 unspecified atom stereocenters. The lowest BCUT2D eigenvalue weighted by Crippen LogP contribution is -2.28. The van der Waals surface area contributed by atoms with Crippen molar-refractivity contribution in [3.8, 4) is 11.5 Å². The van der Waals surface area contributed by atoms with Crippen LogP contribution in [0.3, 0.4) is 0 Å². The van der Waals surface area contributed by atoms with Crippen molar-refractivity contribution in [3.05, 3.63) is 57.0 Å². The zero-order valence-electron chi connectivity index (χ0n) is 15.5. The Kier molecular flexibility index (Phi) is 5.30. The van der Waals surface area contributed by atoms with Gasteiger partial charge in [-0.05, 0) is 31.0 Å². The number of rotatable bonds is 5. The SMILES string of the molecule is CCOC(=O)c1cc2c([nH]c1=O)C[C@@H](c1ccc(OC)cc1OC)CC2=O. The molecular formula is C20H21NO6. The Balaban J connectivity index is 1.98. The summed E-state index contributed by atoms with van der Waals surface area (Å²) in [6, 6.07) is 6.79. The molecule has 1 aliphatic carbocycles. The van der Waals surface area contributed by atoms with E-state index in [0.717, 1.165) is 5.56 Å². The lowest BCUT2D eigenvalue weighted by molar-refractivity contribution is 0.0524. The summed E-state index contributed by atoms with van der Waals surface area (Å²) in [5.41, 5.74) is 1.05. The van der Waals surface area contributed by atoms with Crippen LogP contribution in [0.4, 0.5) is 0 Å². The second-order valence-electron chi connectivity index (χ2n) is 6.26. The molecular weight excluding hydrogens is 350 g/mol. The highest BCUT2D eigenvalue weighted by molar-refractivity contribution is 6.01. The number of carbonyl (C=O) groups is 2. The van der Waals surface area contributed by atoms with Gasteiger partial charge in [0.05, 0.1) is 20.8 Å². The molecule has 0 bridgehead atoms. The highest BCUT2D eigenvalue weighted by Crippen LogP contribution is 2.37. The molecule has 0 radical (unpaired) electrons. The maximum Gasteiger partial charge on any atom is 0.343 e. The van der Waals surface area contributed by atoms with E-state index in [9.17, 15) is 14.4 Å². The molecule has 0 saturated heterocycles. The fraction of sp³-hybridized carbons (Fsp3) is 0.350. The van der Waals surface area contributed by atoms with Crippen LogP contribution in [-0.4, -0.2) is 37.6 Å². The van der Waals surface area contributed by atoms with Crippen molar-refractivity contribution < 1.29 is 23.8 Å². The van der Waals surface area contributed by atoms with Crippen molar-refractivity contribution in [2.24, 2.45) is 0 Å². The Bertz CT molecular complexity index is 946. The number of aromatic nitrogens is 1. The largest absolute Gasteiger partial charge is 0.497 e. The summed E-state index contributed by atoms with van der Waals surface area (Å²) in [6.45, 7) is 1.81. The Morgan fingerprint density at radius 2 is 1.93 bits per heavy atom. The maximum absolute atomic E-state index is 12.7. The molecule has 1 N–H and O–H groups in total. The number of hydrogen-bond donors (Lipinski definition) is 1. The number of carbonyl (C=O) groups excluding carboxylic acids is 2. The number of ketones is 1. The number of aromatic amines is 1. The minimum absolute atomic E-state index is 0.138. The molecule has 1 atom stereocenters. The zero-order valence-corrected chi connectivity index (χ0v) is 15.5. The zero-order chi connectivity index (χ0) is 19.6. The minimum Gasteiger partial charge on any atom is -0.497 e. The third kappa shape index (κ3) is 3.58. The van der Waals surface area contributed by atoms with Gasteiger partial charge in [0.2, 0.25) is 0 Å². The molecule has 7 nitrogen and oxygen atoms in total. The number of ether oxygens (including phenoxy) is 3. The second-order valence-corrected chi connectivity index (χ2v) is 6.26. The third-order valence-corrected chi connectivity index (χ3v) is 4.68. The first-order valence-corrected chi connectivity index (χ1v) is 8.66. The van der Waals surface area contributed by atoms with Gasteiger partial charge < -0.3 is 19.2 Å². The summed E-state index contributed by atoms with van der Waals surface area (Å²) in [6.07, 6.45) is 0.714. The van der Waals surface area contributed by atoms with E-state index in [2.05, 4.69) is 4.98 Å². The first-order chi connectivity index (χ1) is 13.0. The van der Waals surface area contributed by atoms with Gasteiger partial charge in [0, 0.05) is 29.7 Å². The van der Waals surface area contributed by atoms with Crippen molar-refractivity contribution in [1.82, 2.24) is 4.98 Å². The summed E-state index contributed by atoms with van der Waals surface area (Å²) in [7, 11) is 3.13. The van der Waals surface area contributed by atoms with E-state index in [1.165, 1.54) is 6.07 Å². The number of hydrogen-bond acceptors (Lipinski definition) is 6. The molecule has 0 aliphatic heterocycles. The highest BCUT2D eigenvalue weighted by atomic mass is 16.5. The number of benzene rings is 1. The van der Waals surface area contributed by atoms with E-state index >= 15 is 0 Å². The van der Waals surface area contributed by atoms with E-state index in [0.29, 0.717) is 29.2 Å². The van der Waals surface area contributed by atoms with Crippen LogP contribution in [-0.2, 0) is 11.2 Å². The average Bonchev–Trinajstić information content (AvgIpc) is 2.66. The smallest absolute Gasteiger partial charge is 0.343 e. The summed E-state index contributed by atoms with van der Waals surface area (Å²) < 4.78 is 15.5. The first-order valence-electron chi connectivity index (χ1n) is 8.66. The number of nitrogens with one attached hydrogen (secondary N) is 1. The van der Waals surface area contributed by atoms with Crippen molar-refractivity contribution in [2.45, 2.75) is 25.7 Å². The van der Waals surface area contributed by atoms with Gasteiger partial charge in [-0.3, -0.25) is 9.59 Å². The van der Waals surface area contributed by atoms with E-state index < -0.39 is 11.5 Å². The normalized spacial score (nSPS) is 15.8. The number of pyridine rings is 1. The predicted octanol–water partition coefficient (Wildman–Crippen LogP) is 2.48. The molecule has 2 aromatic rings. The van der Waals surface area contributed by atoms with Crippen LogP contribution in [0.15, 0.2) is 29.1 Å². The topological polar surface area (TPSA) is 94.7 Å². The number of fused-ring (bicyclic) bond motifs is 1. The Morgan fingerprint density at radius 1 is 1.15 bits per heavy atom. The van der Waals surface area contributed by atoms with Gasteiger partial charge in [0.15, 0.2) is 5.78 Å². The highest BCUT2D eigenvalue weighted by Gasteiger charge is 2.30. The van der Waals surface area contributed by atoms with Gasteiger partial charge in [-0.15, -0.1) is 0 Å². The van der Waals surface area contributed by atoms with E-state index in [1.807, 2.05) is 12.1 Å². The summed E-state index contributed by atoms with van der Waals surface area (Å²) in [5.74, 6) is 0.274. The van der Waals surface area contributed by atoms with Gasteiger partial charge in [0.25, 0.3) is 5.56 Å². The van der Waals surface area contributed by atoms with Crippen molar-refractivity contribution >= 4 is 11.8 Å². The van der Waals surface area contributed by atoms with Crippen LogP contribution in [0.2, 0.25) is 0 Å². The molecule has 1 aromatic heterocycles. The van der Waals surface area contributed by atoms with Gasteiger partial charge in [-0.25, -0.2) is 4.79 Å². The standard InChI is InChI=1S/C20H21NO6/c1-4-27-20(24)15-10-14-16(21-19(15)23)7-11(8-17(14)22)13-6-5-12(25-2)9-18(13)26-3/h5-6,9-11H,4,7-8H2,1-3H3,(H,21,23)/t11-/m1/s1. The van der Waals surface area contributed by atoms with Gasteiger partial charge in [0.1, 0.15) is 17.1 Å². The first kappa shape index (κ1) is 18.7. The lowest BCUT2D eigenvalue weighted by atomic mass is 9.81. The third-order valence-electron chi connectivity index (χ3n) is 4.68. The Labute approximate surface area is 156 Å². The lowest BCUT2D eigenvalue weighted by Gasteiger charge is -2.25. The fourth-order valence-electron chi connectivity index (χ4n) is 3.37. The van der Waals surface area contributed by atoms with E-state index in [4.69, 9.17) is 14.2 Å². The minimum atomic E-state index is -0.728. The Morgan fingerprint density at radius 3 is 2.59 bits per heavy atom. The number of methoxy groups -OCH3 is 2. The van der Waals surface area contributed by atoms with E-state index in [-0.39, 0.29) is 30.3 Å². The molecule has 7 heteroatoms. The van der Waals surface area contributed by atoms with Crippen molar-refractivity contribution in [1.29, 1.82) is 0 Å². The predicted molar refractivity (Wildman–Crippen MR) is 98.0 cm³/mol.